The summed E-state index contributed by atoms with van der Waals surface area (Å²) in [4.78, 5) is 1.00. The Bertz CT molecular complexity index is 976. The zero-order valence-electron chi connectivity index (χ0n) is 13.0. The largest absolute Gasteiger partial charge is 0.497 e. The summed E-state index contributed by atoms with van der Waals surface area (Å²) >= 11 is 10.1. The first-order valence-electron chi connectivity index (χ1n) is 7.13. The lowest BCUT2D eigenvalue weighted by Crippen LogP contribution is -1.93. The third kappa shape index (κ3) is 4.19. The predicted molar refractivity (Wildman–Crippen MR) is 110 cm³/mol. The van der Waals surface area contributed by atoms with Gasteiger partial charge in [-0.3, -0.25) is 0 Å². The first kappa shape index (κ1) is 18.7. The minimum absolute atomic E-state index is 0.0602. The highest BCUT2D eigenvalue weighted by Gasteiger charge is 2.16. The molecule has 0 aliphatic rings. The Morgan fingerprint density at radius 1 is 1.20 bits per heavy atom. The lowest BCUT2D eigenvalue weighted by Gasteiger charge is -2.08. The molecule has 1 aromatic heterocycles. The van der Waals surface area contributed by atoms with E-state index in [2.05, 4.69) is 0 Å². The van der Waals surface area contributed by atoms with Gasteiger partial charge in [-0.05, 0) is 29.3 Å². The molecule has 3 rings (SSSR count). The van der Waals surface area contributed by atoms with Gasteiger partial charge in [0.1, 0.15) is 9.57 Å². The molecule has 130 valence electrons. The molecule has 25 heavy (non-hydrogen) atoms. The van der Waals surface area contributed by atoms with Crippen molar-refractivity contribution in [2.24, 2.45) is 0 Å². The molecule has 0 radical (unpaired) electrons. The van der Waals surface area contributed by atoms with Crippen molar-refractivity contribution in [2.45, 2.75) is 5.75 Å². The van der Waals surface area contributed by atoms with Crippen LogP contribution in [0.1, 0.15) is 5.56 Å². The number of hydrogen-bond donors (Lipinski definition) is 1. The molecular weight excluding hydrogens is 416 g/mol. The molecule has 0 fully saturated rings. The highest BCUT2D eigenvalue weighted by atomic mass is 35.5. The van der Waals surface area contributed by atoms with Crippen LogP contribution in [0.15, 0.2) is 42.5 Å². The lowest BCUT2D eigenvalue weighted by atomic mass is 10.0. The Morgan fingerprint density at radius 3 is 2.52 bits per heavy atom. The number of methoxy groups -OCH3 is 1. The topological polar surface area (TPSA) is 46.5 Å². The van der Waals surface area contributed by atoms with Crippen molar-refractivity contribution in [1.82, 2.24) is 0 Å². The van der Waals surface area contributed by atoms with Crippen molar-refractivity contribution in [3.05, 3.63) is 56.9 Å². The van der Waals surface area contributed by atoms with Crippen LogP contribution in [0.4, 0.5) is 0 Å². The average Bonchev–Trinajstić information content (AvgIpc) is 2.96. The van der Waals surface area contributed by atoms with Crippen LogP contribution in [-0.4, -0.2) is 15.9 Å². The molecule has 1 heterocycles. The molecule has 0 bridgehead atoms. The van der Waals surface area contributed by atoms with Crippen LogP contribution < -0.4 is 4.74 Å². The fraction of sp³-hybridized carbons (Fsp3) is 0.118. The van der Waals surface area contributed by atoms with Gasteiger partial charge < -0.3 is 9.29 Å². The maximum atomic E-state index is 11.0. The Balaban J connectivity index is 2.07. The molecular formula is C17H13ClO3S4. The summed E-state index contributed by atoms with van der Waals surface area (Å²) in [6, 6.07) is 13.2. The molecule has 2 aromatic carbocycles. The zero-order chi connectivity index (χ0) is 18.0. The minimum Gasteiger partial charge on any atom is -0.497 e. The molecule has 1 N–H and O–H groups in total. The normalized spacial score (nSPS) is 12.1. The molecule has 0 saturated carbocycles. The van der Waals surface area contributed by atoms with Gasteiger partial charge in [0, 0.05) is 16.1 Å². The minimum atomic E-state index is -1.89. The van der Waals surface area contributed by atoms with E-state index < -0.39 is 11.1 Å². The van der Waals surface area contributed by atoms with Crippen LogP contribution in [0.25, 0.3) is 21.6 Å². The summed E-state index contributed by atoms with van der Waals surface area (Å²) in [6.45, 7) is 0. The summed E-state index contributed by atoms with van der Waals surface area (Å²) in [5.41, 5.74) is 3.58. The molecule has 1 unspecified atom stereocenters. The maximum Gasteiger partial charge on any atom is 0.157 e. The van der Waals surface area contributed by atoms with E-state index in [9.17, 15) is 4.21 Å². The third-order valence-electron chi connectivity index (χ3n) is 3.58. The molecule has 0 amide bonds. The Labute approximate surface area is 165 Å². The number of halogens is 1. The monoisotopic (exact) mass is 428 g/mol. The second-order valence-corrected chi connectivity index (χ2v) is 9.32. The SMILES string of the molecule is COc1ccc(-c2c(-c3ccc(CS(=O)O)cc3Cl)ssc2=S)cc1. The standard InChI is InChI=1S/C17H13ClO3S4/c1-21-12-5-3-11(4-6-12)15-16(23-24-17(15)22)13-7-2-10(8-14(13)18)9-25(19)20/h2-8H,9H2,1H3,(H,19,20). The summed E-state index contributed by atoms with van der Waals surface area (Å²) in [5.74, 6) is 0.847. The van der Waals surface area contributed by atoms with Gasteiger partial charge >= 0.3 is 0 Å². The fourth-order valence-corrected chi connectivity index (χ4v) is 6.17. The van der Waals surface area contributed by atoms with Crippen LogP contribution >= 0.6 is 44.5 Å². The summed E-state index contributed by atoms with van der Waals surface area (Å²) in [7, 11) is 4.74. The smallest absolute Gasteiger partial charge is 0.157 e. The van der Waals surface area contributed by atoms with Crippen molar-refractivity contribution < 1.29 is 13.5 Å². The highest BCUT2D eigenvalue weighted by molar-refractivity contribution is 7.80. The molecule has 8 heteroatoms. The van der Waals surface area contributed by atoms with Crippen molar-refractivity contribution in [3.63, 3.8) is 0 Å². The van der Waals surface area contributed by atoms with Crippen LogP contribution in [0, 0.1) is 3.82 Å². The number of hydrogen-bond acceptors (Lipinski definition) is 5. The molecule has 3 aromatic rings. The average molecular weight is 429 g/mol. The van der Waals surface area contributed by atoms with E-state index in [0.29, 0.717) is 5.02 Å². The highest BCUT2D eigenvalue weighted by Crippen LogP contribution is 2.44. The summed E-state index contributed by atoms with van der Waals surface area (Å²) in [6.07, 6.45) is 0. The van der Waals surface area contributed by atoms with Gasteiger partial charge in [0.25, 0.3) is 0 Å². The van der Waals surface area contributed by atoms with Crippen molar-refractivity contribution >= 4 is 55.6 Å². The molecule has 1 atom stereocenters. The van der Waals surface area contributed by atoms with Crippen LogP contribution in [-0.2, 0) is 16.8 Å². The van der Waals surface area contributed by atoms with E-state index in [1.54, 1.807) is 23.5 Å². The molecule has 0 aliphatic heterocycles. The number of benzene rings is 2. The van der Waals surface area contributed by atoms with Crippen molar-refractivity contribution in [3.8, 4) is 27.3 Å². The number of rotatable bonds is 5. The van der Waals surface area contributed by atoms with Gasteiger partial charge in [0.2, 0.25) is 0 Å². The fourth-order valence-electron chi connectivity index (χ4n) is 2.42. The second-order valence-electron chi connectivity index (χ2n) is 5.17. The molecule has 0 aliphatic carbocycles. The van der Waals surface area contributed by atoms with Crippen LogP contribution in [0.3, 0.4) is 0 Å². The Hall–Kier alpha value is -1.09. The Morgan fingerprint density at radius 2 is 1.92 bits per heavy atom. The maximum absolute atomic E-state index is 11.0. The van der Waals surface area contributed by atoms with E-state index in [4.69, 9.17) is 33.1 Å². The van der Waals surface area contributed by atoms with Crippen molar-refractivity contribution in [1.29, 1.82) is 0 Å². The first-order valence-corrected chi connectivity index (χ1v) is 11.3. The second kappa shape index (κ2) is 8.07. The Kier molecular flexibility index (Phi) is 6.04. The zero-order valence-corrected chi connectivity index (χ0v) is 17.0. The van der Waals surface area contributed by atoms with Gasteiger partial charge in [0.05, 0.1) is 17.7 Å². The van der Waals surface area contributed by atoms with Crippen LogP contribution in [0.5, 0.6) is 5.75 Å². The van der Waals surface area contributed by atoms with Gasteiger partial charge in [0.15, 0.2) is 11.1 Å². The van der Waals surface area contributed by atoms with Crippen molar-refractivity contribution in [2.75, 3.05) is 7.11 Å². The number of ether oxygens (including phenoxy) is 1. The predicted octanol–water partition coefficient (Wildman–Crippen LogP) is 6.26. The van der Waals surface area contributed by atoms with E-state index in [1.165, 1.54) is 10.3 Å². The third-order valence-corrected chi connectivity index (χ3v) is 7.52. The summed E-state index contributed by atoms with van der Waals surface area (Å²) < 4.78 is 26.0. The quantitative estimate of drug-likeness (QED) is 0.296. The van der Waals surface area contributed by atoms with E-state index in [-0.39, 0.29) is 5.75 Å². The molecule has 3 nitrogen and oxygen atoms in total. The summed E-state index contributed by atoms with van der Waals surface area (Å²) in [5, 5.41) is 0.543. The van der Waals surface area contributed by atoms with Crippen LogP contribution in [0.2, 0.25) is 5.02 Å². The van der Waals surface area contributed by atoms with Gasteiger partial charge in [-0.1, -0.05) is 68.8 Å². The first-order chi connectivity index (χ1) is 12.0. The van der Waals surface area contributed by atoms with Gasteiger partial charge in [-0.15, -0.1) is 0 Å². The molecule has 0 saturated heterocycles. The van der Waals surface area contributed by atoms with Gasteiger partial charge in [-0.2, -0.15) is 0 Å². The van der Waals surface area contributed by atoms with E-state index >= 15 is 0 Å². The van der Waals surface area contributed by atoms with E-state index in [0.717, 1.165) is 36.7 Å². The molecule has 0 spiro atoms. The van der Waals surface area contributed by atoms with Gasteiger partial charge in [-0.25, -0.2) is 4.21 Å². The lowest BCUT2D eigenvalue weighted by molar-refractivity contribution is 0.415. The van der Waals surface area contributed by atoms with E-state index in [1.807, 2.05) is 36.4 Å².